The number of piperazine rings is 1. The highest BCUT2D eigenvalue weighted by molar-refractivity contribution is 5.87. The lowest BCUT2D eigenvalue weighted by Gasteiger charge is -2.37. The topological polar surface area (TPSA) is 48.7 Å². The molecule has 0 saturated carbocycles. The highest BCUT2D eigenvalue weighted by Gasteiger charge is 2.22. The third-order valence-corrected chi connectivity index (χ3v) is 6.77. The van der Waals surface area contributed by atoms with Gasteiger partial charge in [0, 0.05) is 55.0 Å². The number of aliphatic carboxylic acids is 1. The van der Waals surface area contributed by atoms with Gasteiger partial charge in [-0.25, -0.2) is 0 Å². The molecule has 0 amide bonds. The summed E-state index contributed by atoms with van der Waals surface area (Å²) >= 11 is 0. The van der Waals surface area contributed by atoms with E-state index in [1.54, 1.807) is 0 Å². The van der Waals surface area contributed by atoms with Crippen LogP contribution in [-0.4, -0.2) is 53.3 Å². The predicted octanol–water partition coefficient (Wildman–Crippen LogP) is 4.78. The zero-order chi connectivity index (χ0) is 22.7. The minimum atomic E-state index is -0.787. The largest absolute Gasteiger partial charge is 0.480 e. The lowest BCUT2D eigenvalue weighted by Crippen LogP contribution is -2.47. The first kappa shape index (κ1) is 22.4. The molecule has 1 fully saturated rings. The van der Waals surface area contributed by atoms with Crippen molar-refractivity contribution >= 4 is 22.6 Å². The second-order valence-corrected chi connectivity index (χ2v) is 9.07. The Morgan fingerprint density at radius 1 is 1.00 bits per heavy atom. The van der Waals surface area contributed by atoms with Gasteiger partial charge >= 0.3 is 5.97 Å². The Labute approximate surface area is 191 Å². The van der Waals surface area contributed by atoms with E-state index in [1.807, 2.05) is 16.7 Å². The Kier molecular flexibility index (Phi) is 6.85. The first-order valence-electron chi connectivity index (χ1n) is 11.9. The van der Waals surface area contributed by atoms with Crippen molar-refractivity contribution in [1.82, 2.24) is 9.47 Å². The van der Waals surface area contributed by atoms with Crippen LogP contribution in [0.25, 0.3) is 10.9 Å². The van der Waals surface area contributed by atoms with Crippen molar-refractivity contribution in [2.45, 2.75) is 46.1 Å². The molecular weight excluding hydrogens is 398 g/mol. The van der Waals surface area contributed by atoms with Crippen LogP contribution in [0.5, 0.6) is 0 Å². The molecule has 3 aromatic rings. The molecule has 0 unspecified atom stereocenters. The molecule has 1 aliphatic heterocycles. The molecule has 0 spiro atoms. The Balaban J connectivity index is 1.46. The van der Waals surface area contributed by atoms with Gasteiger partial charge < -0.3 is 14.6 Å². The van der Waals surface area contributed by atoms with Gasteiger partial charge in [0.05, 0.1) is 0 Å². The van der Waals surface area contributed by atoms with Crippen LogP contribution in [0.3, 0.4) is 0 Å². The fourth-order valence-corrected chi connectivity index (χ4v) is 5.17. The number of rotatable bonds is 8. The van der Waals surface area contributed by atoms with E-state index >= 15 is 0 Å². The monoisotopic (exact) mass is 433 g/mol. The van der Waals surface area contributed by atoms with Crippen molar-refractivity contribution in [2.75, 3.05) is 37.6 Å². The predicted molar refractivity (Wildman–Crippen MR) is 132 cm³/mol. The smallest absolute Gasteiger partial charge is 0.323 e. The molecule has 170 valence electrons. The summed E-state index contributed by atoms with van der Waals surface area (Å²) in [6, 6.07) is 17.0. The molecule has 2 aromatic carbocycles. The number of anilines is 1. The van der Waals surface area contributed by atoms with Crippen LogP contribution >= 0.6 is 0 Å². The molecule has 2 heterocycles. The van der Waals surface area contributed by atoms with E-state index in [-0.39, 0.29) is 6.54 Å². The van der Waals surface area contributed by atoms with Crippen LogP contribution in [0.15, 0.2) is 48.5 Å². The molecule has 1 aromatic heterocycles. The lowest BCUT2D eigenvalue weighted by molar-refractivity contribution is -0.137. The highest BCUT2D eigenvalue weighted by Crippen LogP contribution is 2.29. The van der Waals surface area contributed by atoms with Gasteiger partial charge in [0.1, 0.15) is 6.54 Å². The van der Waals surface area contributed by atoms with E-state index < -0.39 is 5.97 Å². The number of para-hydroxylation sites is 2. The summed E-state index contributed by atoms with van der Waals surface area (Å²) in [5.74, 6) is -0.260. The molecule has 1 aliphatic rings. The van der Waals surface area contributed by atoms with Gasteiger partial charge in [-0.05, 0) is 42.0 Å². The van der Waals surface area contributed by atoms with Crippen LogP contribution in [0.4, 0.5) is 5.69 Å². The van der Waals surface area contributed by atoms with E-state index in [2.05, 4.69) is 67.0 Å². The number of carboxylic acid groups (broad SMARTS) is 1. The van der Waals surface area contributed by atoms with Crippen LogP contribution < -0.4 is 4.90 Å². The van der Waals surface area contributed by atoms with Crippen molar-refractivity contribution in [1.29, 1.82) is 0 Å². The van der Waals surface area contributed by atoms with Crippen LogP contribution in [0, 0.1) is 0 Å². The van der Waals surface area contributed by atoms with Crippen LogP contribution in [0.1, 0.15) is 43.5 Å². The minimum Gasteiger partial charge on any atom is -0.480 e. The molecule has 0 radical (unpaired) electrons. The quantitative estimate of drug-likeness (QED) is 0.556. The molecule has 0 bridgehead atoms. The average Bonchev–Trinajstić information content (AvgIpc) is 3.10. The van der Waals surface area contributed by atoms with Crippen molar-refractivity contribution < 1.29 is 9.90 Å². The fraction of sp³-hybridized carbons (Fsp3) is 0.444. The van der Waals surface area contributed by atoms with E-state index in [1.165, 1.54) is 22.2 Å². The normalized spacial score (nSPS) is 15.1. The summed E-state index contributed by atoms with van der Waals surface area (Å²) in [7, 11) is 0. The van der Waals surface area contributed by atoms with Crippen molar-refractivity contribution in [3.05, 3.63) is 65.4 Å². The van der Waals surface area contributed by atoms with Gasteiger partial charge in [-0.3, -0.25) is 9.69 Å². The molecule has 0 atom stereocenters. The maximum atomic E-state index is 11.5. The Bertz CT molecular complexity index is 1080. The summed E-state index contributed by atoms with van der Waals surface area (Å²) in [5, 5.41) is 10.6. The van der Waals surface area contributed by atoms with Crippen molar-refractivity contribution in [3.8, 4) is 0 Å². The summed E-state index contributed by atoms with van der Waals surface area (Å²) in [6.45, 7) is 11.9. The average molecular weight is 434 g/mol. The Morgan fingerprint density at radius 3 is 2.38 bits per heavy atom. The summed E-state index contributed by atoms with van der Waals surface area (Å²) < 4.78 is 1.99. The molecule has 5 heteroatoms. The number of hydrogen-bond acceptors (Lipinski definition) is 3. The number of hydrogen-bond donors (Lipinski definition) is 1. The maximum absolute atomic E-state index is 11.5. The standard InChI is InChI=1S/C27H35N3O2/c1-4-24-23(22-10-6-8-12-26(22)30(24)19-27(31)32)13-14-28-15-17-29(18-16-28)25-11-7-5-9-21(25)20(2)3/h5-12,20H,4,13-19H2,1-3H3,(H,31,32). The van der Waals surface area contributed by atoms with Crippen LogP contribution in [0.2, 0.25) is 0 Å². The van der Waals surface area contributed by atoms with Gasteiger partial charge in [0.2, 0.25) is 0 Å². The van der Waals surface area contributed by atoms with Crippen molar-refractivity contribution in [3.63, 3.8) is 0 Å². The number of fused-ring (bicyclic) bond motifs is 1. The number of benzene rings is 2. The number of carboxylic acids is 1. The summed E-state index contributed by atoms with van der Waals surface area (Å²) in [5.41, 5.74) is 6.33. The summed E-state index contributed by atoms with van der Waals surface area (Å²) in [6.07, 6.45) is 1.80. The lowest BCUT2D eigenvalue weighted by atomic mass is 10.00. The molecule has 5 nitrogen and oxygen atoms in total. The Morgan fingerprint density at radius 2 is 1.69 bits per heavy atom. The van der Waals surface area contributed by atoms with E-state index in [0.717, 1.165) is 56.8 Å². The molecule has 0 aliphatic carbocycles. The third-order valence-electron chi connectivity index (χ3n) is 6.77. The van der Waals surface area contributed by atoms with Gasteiger partial charge in [-0.2, -0.15) is 0 Å². The Hall–Kier alpha value is -2.79. The molecule has 32 heavy (non-hydrogen) atoms. The van der Waals surface area contributed by atoms with Crippen LogP contribution in [-0.2, 0) is 24.2 Å². The zero-order valence-corrected chi connectivity index (χ0v) is 19.6. The maximum Gasteiger partial charge on any atom is 0.323 e. The number of carbonyl (C=O) groups is 1. The molecule has 4 rings (SSSR count). The van der Waals surface area contributed by atoms with Crippen molar-refractivity contribution in [2.24, 2.45) is 0 Å². The van der Waals surface area contributed by atoms with Gasteiger partial charge in [0.15, 0.2) is 0 Å². The third kappa shape index (κ3) is 4.53. The highest BCUT2D eigenvalue weighted by atomic mass is 16.4. The first-order valence-corrected chi connectivity index (χ1v) is 11.9. The first-order chi connectivity index (χ1) is 15.5. The second-order valence-electron chi connectivity index (χ2n) is 9.07. The molecule has 1 saturated heterocycles. The number of nitrogens with zero attached hydrogens (tertiary/aromatic N) is 3. The molecule has 1 N–H and O–H groups in total. The SMILES string of the molecule is CCc1c(CCN2CCN(c3ccccc3C(C)C)CC2)c2ccccc2n1CC(=O)O. The van der Waals surface area contributed by atoms with E-state index in [0.29, 0.717) is 5.92 Å². The molecular formula is C27H35N3O2. The van der Waals surface area contributed by atoms with Gasteiger partial charge in [0.25, 0.3) is 0 Å². The summed E-state index contributed by atoms with van der Waals surface area (Å²) in [4.78, 5) is 16.6. The van der Waals surface area contributed by atoms with Gasteiger partial charge in [-0.15, -0.1) is 0 Å². The number of aromatic nitrogens is 1. The van der Waals surface area contributed by atoms with Gasteiger partial charge in [-0.1, -0.05) is 57.2 Å². The second kappa shape index (κ2) is 9.78. The zero-order valence-electron chi connectivity index (χ0n) is 19.6. The minimum absolute atomic E-state index is 0.0254. The van der Waals surface area contributed by atoms with E-state index in [9.17, 15) is 9.90 Å². The van der Waals surface area contributed by atoms with E-state index in [4.69, 9.17) is 0 Å². The fourth-order valence-electron chi connectivity index (χ4n) is 5.17.